The molecule has 190 valence electrons. The normalized spacial score (nSPS) is 13.3. The maximum atomic E-state index is 2.47. The first-order valence-corrected chi connectivity index (χ1v) is 14.4. The maximum absolute atomic E-state index is 2.47. The lowest BCUT2D eigenvalue weighted by Crippen LogP contribution is -1.94. The summed E-state index contributed by atoms with van der Waals surface area (Å²) >= 11 is 0. The van der Waals surface area contributed by atoms with Gasteiger partial charge < -0.3 is 0 Å². The number of hydrogen-bond acceptors (Lipinski definition) is 0. The molecule has 0 aliphatic heterocycles. The monoisotopic (exact) mass is 510 g/mol. The molecule has 0 nitrogen and oxygen atoms in total. The Morgan fingerprint density at radius 1 is 0.450 bits per heavy atom. The third-order valence-electron chi connectivity index (χ3n) is 8.76. The zero-order valence-corrected chi connectivity index (χ0v) is 22.7. The van der Waals surface area contributed by atoms with E-state index in [1.807, 2.05) is 0 Å². The van der Waals surface area contributed by atoms with Gasteiger partial charge in [-0.1, -0.05) is 121 Å². The molecule has 8 rings (SSSR count). The summed E-state index contributed by atoms with van der Waals surface area (Å²) in [5.41, 5.74) is 10.8. The third-order valence-corrected chi connectivity index (χ3v) is 8.76. The Bertz CT molecular complexity index is 2020. The molecule has 40 heavy (non-hydrogen) atoms. The van der Waals surface area contributed by atoms with Crippen LogP contribution in [0.15, 0.2) is 133 Å². The first-order chi connectivity index (χ1) is 19.8. The zero-order chi connectivity index (χ0) is 26.6. The molecule has 0 bridgehead atoms. The van der Waals surface area contributed by atoms with E-state index in [1.165, 1.54) is 89.7 Å². The van der Waals surface area contributed by atoms with Crippen molar-refractivity contribution in [2.24, 2.45) is 0 Å². The molecule has 0 aromatic heterocycles. The van der Waals surface area contributed by atoms with Crippen LogP contribution in [0.2, 0.25) is 0 Å². The van der Waals surface area contributed by atoms with Crippen molar-refractivity contribution in [3.8, 4) is 33.4 Å². The fourth-order valence-corrected chi connectivity index (χ4v) is 6.67. The molecule has 0 N–H and O–H groups in total. The van der Waals surface area contributed by atoms with Gasteiger partial charge in [0.1, 0.15) is 0 Å². The summed E-state index contributed by atoms with van der Waals surface area (Å²) in [7, 11) is 0. The van der Waals surface area contributed by atoms with Gasteiger partial charge in [-0.2, -0.15) is 0 Å². The number of aryl methyl sites for hydroxylation is 1. The van der Waals surface area contributed by atoms with Crippen molar-refractivity contribution in [1.29, 1.82) is 0 Å². The first kappa shape index (κ1) is 23.2. The van der Waals surface area contributed by atoms with Gasteiger partial charge in [-0.3, -0.25) is 0 Å². The zero-order valence-electron chi connectivity index (χ0n) is 22.7. The average molecular weight is 511 g/mol. The van der Waals surface area contributed by atoms with Crippen LogP contribution in [-0.2, 0) is 0 Å². The number of fused-ring (bicyclic) bond motifs is 3. The van der Waals surface area contributed by atoms with Crippen molar-refractivity contribution < 1.29 is 0 Å². The van der Waals surface area contributed by atoms with Crippen LogP contribution in [0.1, 0.15) is 29.9 Å². The fraction of sp³-hybridized carbons (Fsp3) is 0.100. The molecule has 1 fully saturated rings. The van der Waals surface area contributed by atoms with Crippen molar-refractivity contribution >= 4 is 32.3 Å². The van der Waals surface area contributed by atoms with E-state index in [1.54, 1.807) is 0 Å². The summed E-state index contributed by atoms with van der Waals surface area (Å²) < 4.78 is 0. The number of benzene rings is 7. The minimum atomic E-state index is 0.687. The van der Waals surface area contributed by atoms with Crippen molar-refractivity contribution in [2.75, 3.05) is 0 Å². The number of rotatable bonds is 4. The van der Waals surface area contributed by atoms with E-state index in [0.717, 1.165) is 0 Å². The highest BCUT2D eigenvalue weighted by molar-refractivity contribution is 6.21. The van der Waals surface area contributed by atoms with E-state index >= 15 is 0 Å². The molecule has 1 saturated carbocycles. The highest BCUT2D eigenvalue weighted by Crippen LogP contribution is 2.48. The Morgan fingerprint density at radius 2 is 0.975 bits per heavy atom. The van der Waals surface area contributed by atoms with Crippen LogP contribution in [0.5, 0.6) is 0 Å². The first-order valence-electron chi connectivity index (χ1n) is 14.4. The summed E-state index contributed by atoms with van der Waals surface area (Å²) in [6.45, 7) is 2.24. The van der Waals surface area contributed by atoms with E-state index in [2.05, 4.69) is 140 Å². The molecule has 0 spiro atoms. The minimum absolute atomic E-state index is 0.687. The standard InChI is InChI=1S/C40H30/c1-26-10-2-5-13-32(26)38-25-31(22-23-33(38)28-19-20-28)40-36-16-8-6-14-34(36)39(35-15-7-9-17-37(35)40)30-21-18-27-11-3-4-12-29(27)24-30/h2-18,21-25,28H,19-20H2,1H3. The molecule has 0 amide bonds. The van der Waals surface area contributed by atoms with Gasteiger partial charge in [-0.25, -0.2) is 0 Å². The second-order valence-corrected chi connectivity index (χ2v) is 11.3. The lowest BCUT2D eigenvalue weighted by molar-refractivity contribution is 1.13. The van der Waals surface area contributed by atoms with Gasteiger partial charge >= 0.3 is 0 Å². The maximum Gasteiger partial charge on any atom is -0.00262 e. The highest BCUT2D eigenvalue weighted by Gasteiger charge is 2.27. The van der Waals surface area contributed by atoms with Crippen molar-refractivity contribution in [1.82, 2.24) is 0 Å². The molecular formula is C40H30. The lowest BCUT2D eigenvalue weighted by Gasteiger charge is -2.20. The SMILES string of the molecule is Cc1ccccc1-c1cc(-c2c3ccccc3c(-c3ccc4ccccc4c3)c3ccccc23)ccc1C1CC1. The van der Waals surface area contributed by atoms with E-state index in [-0.39, 0.29) is 0 Å². The van der Waals surface area contributed by atoms with Gasteiger partial charge in [0.05, 0.1) is 0 Å². The average Bonchev–Trinajstić information content (AvgIpc) is 3.85. The van der Waals surface area contributed by atoms with E-state index in [4.69, 9.17) is 0 Å². The van der Waals surface area contributed by atoms with Crippen LogP contribution < -0.4 is 0 Å². The van der Waals surface area contributed by atoms with Crippen LogP contribution in [-0.4, -0.2) is 0 Å². The Hall–Kier alpha value is -4.68. The van der Waals surface area contributed by atoms with Crippen molar-refractivity contribution in [3.63, 3.8) is 0 Å². The Balaban J connectivity index is 1.44. The number of hydrogen-bond donors (Lipinski definition) is 0. The molecular weight excluding hydrogens is 480 g/mol. The van der Waals surface area contributed by atoms with Gasteiger partial charge in [-0.15, -0.1) is 0 Å². The van der Waals surface area contributed by atoms with E-state index < -0.39 is 0 Å². The molecule has 0 atom stereocenters. The van der Waals surface area contributed by atoms with Crippen LogP contribution in [0.4, 0.5) is 0 Å². The van der Waals surface area contributed by atoms with Crippen LogP contribution in [0, 0.1) is 6.92 Å². The van der Waals surface area contributed by atoms with Crippen LogP contribution >= 0.6 is 0 Å². The lowest BCUT2D eigenvalue weighted by atomic mass is 9.84. The molecule has 0 heterocycles. The summed E-state index contributed by atoms with van der Waals surface area (Å²) in [5.74, 6) is 0.687. The summed E-state index contributed by atoms with van der Waals surface area (Å²) in [5, 5.41) is 7.76. The molecule has 0 saturated heterocycles. The Kier molecular flexibility index (Phi) is 5.35. The summed E-state index contributed by atoms with van der Waals surface area (Å²) in [6, 6.07) is 49.6. The van der Waals surface area contributed by atoms with Crippen molar-refractivity contribution in [2.45, 2.75) is 25.7 Å². The molecule has 0 heteroatoms. The van der Waals surface area contributed by atoms with E-state index in [0.29, 0.717) is 5.92 Å². The smallest absolute Gasteiger partial charge is 0.00262 e. The van der Waals surface area contributed by atoms with Gasteiger partial charge in [-0.05, 0) is 115 Å². The third kappa shape index (κ3) is 3.75. The fourth-order valence-electron chi connectivity index (χ4n) is 6.67. The second kappa shape index (κ2) is 9.21. The largest absolute Gasteiger partial charge is 0.0620 e. The van der Waals surface area contributed by atoms with Gasteiger partial charge in [0, 0.05) is 0 Å². The van der Waals surface area contributed by atoms with Crippen molar-refractivity contribution in [3.05, 3.63) is 145 Å². The molecule has 0 unspecified atom stereocenters. The quantitative estimate of drug-likeness (QED) is 0.207. The summed E-state index contributed by atoms with van der Waals surface area (Å²) in [4.78, 5) is 0. The highest BCUT2D eigenvalue weighted by atomic mass is 14.3. The molecule has 1 aliphatic carbocycles. The molecule has 7 aromatic rings. The second-order valence-electron chi connectivity index (χ2n) is 11.3. The van der Waals surface area contributed by atoms with Gasteiger partial charge in [0.2, 0.25) is 0 Å². The molecule has 7 aromatic carbocycles. The predicted molar refractivity (Wildman–Crippen MR) is 172 cm³/mol. The van der Waals surface area contributed by atoms with Gasteiger partial charge in [0.15, 0.2) is 0 Å². The van der Waals surface area contributed by atoms with E-state index in [9.17, 15) is 0 Å². The minimum Gasteiger partial charge on any atom is -0.0620 e. The molecule has 1 aliphatic rings. The molecule has 0 radical (unpaired) electrons. The van der Waals surface area contributed by atoms with Crippen LogP contribution in [0.25, 0.3) is 65.7 Å². The van der Waals surface area contributed by atoms with Gasteiger partial charge in [0.25, 0.3) is 0 Å². The Labute approximate surface area is 235 Å². The van der Waals surface area contributed by atoms with Crippen LogP contribution in [0.3, 0.4) is 0 Å². The Morgan fingerprint density at radius 3 is 1.60 bits per heavy atom. The summed E-state index contributed by atoms with van der Waals surface area (Å²) in [6.07, 6.45) is 2.59. The topological polar surface area (TPSA) is 0 Å². The predicted octanol–water partition coefficient (Wildman–Crippen LogP) is 11.3.